The lowest BCUT2D eigenvalue weighted by atomic mass is 10.1. The molecule has 0 unspecified atom stereocenters. The van der Waals surface area contributed by atoms with Crippen LogP contribution in [-0.2, 0) is 6.18 Å². The van der Waals surface area contributed by atoms with E-state index in [2.05, 4.69) is 20.0 Å². The Hall–Kier alpha value is -2.94. The van der Waals surface area contributed by atoms with Crippen molar-refractivity contribution >= 4 is 23.2 Å². The van der Waals surface area contributed by atoms with E-state index in [0.29, 0.717) is 0 Å². The van der Waals surface area contributed by atoms with Crippen molar-refractivity contribution in [2.24, 2.45) is 0 Å². The van der Waals surface area contributed by atoms with Gasteiger partial charge in [-0.3, -0.25) is 4.79 Å². The number of aromatic nitrogens is 2. The summed E-state index contributed by atoms with van der Waals surface area (Å²) >= 11 is 5.90. The minimum Gasteiger partial charge on any atom is -0.329 e. The highest BCUT2D eigenvalue weighted by molar-refractivity contribution is 6.34. The molecule has 5 nitrogen and oxygen atoms in total. The van der Waals surface area contributed by atoms with Gasteiger partial charge in [0, 0.05) is 5.56 Å². The molecule has 10 heteroatoms. The van der Waals surface area contributed by atoms with Gasteiger partial charge in [-0.1, -0.05) is 28.9 Å². The first-order chi connectivity index (χ1) is 12.3. The number of nitrogens with zero attached hydrogens (tertiary/aromatic N) is 2. The molecule has 2 aromatic carbocycles. The molecule has 3 rings (SSSR count). The fraction of sp³-hybridized carbons (Fsp3) is 0.0625. The number of hydrogen-bond donors (Lipinski definition) is 1. The highest BCUT2D eigenvalue weighted by Gasteiger charge is 2.38. The van der Waals surface area contributed by atoms with E-state index in [1.165, 1.54) is 24.3 Å². The molecule has 1 aromatic heterocycles. The number of hydrogen-bond acceptors (Lipinski definition) is 4. The van der Waals surface area contributed by atoms with Crippen LogP contribution in [0.2, 0.25) is 5.02 Å². The molecule has 0 radical (unpaired) electrons. The number of nitrogens with one attached hydrogen (secondary N) is 1. The van der Waals surface area contributed by atoms with Crippen molar-refractivity contribution in [2.75, 3.05) is 5.32 Å². The summed E-state index contributed by atoms with van der Waals surface area (Å²) in [5, 5.41) is 5.69. The Morgan fingerprint density at radius 1 is 1.15 bits per heavy atom. The maximum Gasteiger partial charge on any atom is 0.471 e. The second kappa shape index (κ2) is 6.75. The molecule has 26 heavy (non-hydrogen) atoms. The van der Waals surface area contributed by atoms with Crippen LogP contribution in [0.3, 0.4) is 0 Å². The van der Waals surface area contributed by atoms with Crippen LogP contribution in [-0.4, -0.2) is 16.0 Å². The summed E-state index contributed by atoms with van der Waals surface area (Å²) in [6.07, 6.45) is -4.80. The third-order valence-electron chi connectivity index (χ3n) is 3.26. The summed E-state index contributed by atoms with van der Waals surface area (Å²) in [4.78, 5) is 15.3. The van der Waals surface area contributed by atoms with Crippen LogP contribution in [0.15, 0.2) is 47.0 Å². The largest absolute Gasteiger partial charge is 0.471 e. The molecule has 0 saturated carbocycles. The Balaban J connectivity index is 1.83. The fourth-order valence-corrected chi connectivity index (χ4v) is 2.27. The quantitative estimate of drug-likeness (QED) is 0.657. The molecule has 0 fully saturated rings. The zero-order valence-electron chi connectivity index (χ0n) is 12.6. The molecule has 0 bridgehead atoms. The predicted molar refractivity (Wildman–Crippen MR) is 84.1 cm³/mol. The average molecular weight is 386 g/mol. The minimum absolute atomic E-state index is 0.0440. The molecule has 0 aliphatic rings. The van der Waals surface area contributed by atoms with E-state index >= 15 is 0 Å². The molecule has 1 amide bonds. The number of carbonyl (C=O) groups excluding carboxylic acids is 1. The summed E-state index contributed by atoms with van der Waals surface area (Å²) in [6.45, 7) is 0. The van der Waals surface area contributed by atoms with Crippen molar-refractivity contribution in [3.63, 3.8) is 0 Å². The zero-order valence-corrected chi connectivity index (χ0v) is 13.4. The van der Waals surface area contributed by atoms with Crippen molar-refractivity contribution in [2.45, 2.75) is 6.18 Å². The smallest absolute Gasteiger partial charge is 0.329 e. The molecule has 0 atom stereocenters. The normalized spacial score (nSPS) is 11.4. The maximum absolute atomic E-state index is 14.2. The molecule has 1 heterocycles. The molecule has 0 aliphatic heterocycles. The highest BCUT2D eigenvalue weighted by atomic mass is 35.5. The fourth-order valence-electron chi connectivity index (χ4n) is 2.05. The lowest BCUT2D eigenvalue weighted by Crippen LogP contribution is -2.13. The second-order valence-corrected chi connectivity index (χ2v) is 5.46. The first kappa shape index (κ1) is 17.9. The van der Waals surface area contributed by atoms with Crippen molar-refractivity contribution < 1.29 is 26.9 Å². The lowest BCUT2D eigenvalue weighted by Gasteiger charge is -2.08. The molecular weight excluding hydrogens is 378 g/mol. The standard InChI is InChI=1S/C16H8ClF4N3O2/c17-10-4-2-1-3-9(10)14(25)22-12-6-5-8(7-11(12)18)13-23-15(26-24-13)16(19,20)21/h1-7H,(H,22,25). The number of benzene rings is 2. The van der Waals surface area contributed by atoms with Crippen molar-refractivity contribution in [3.05, 3.63) is 64.8 Å². The van der Waals surface area contributed by atoms with Crippen LogP contribution in [0.4, 0.5) is 23.2 Å². The molecule has 1 N–H and O–H groups in total. The van der Waals surface area contributed by atoms with Gasteiger partial charge in [-0.15, -0.1) is 0 Å². The van der Waals surface area contributed by atoms with E-state index in [-0.39, 0.29) is 21.8 Å². The van der Waals surface area contributed by atoms with E-state index in [1.807, 2.05) is 0 Å². The Bertz CT molecular complexity index is 972. The van der Waals surface area contributed by atoms with Crippen molar-refractivity contribution in [3.8, 4) is 11.4 Å². The topological polar surface area (TPSA) is 68.0 Å². The molecule has 0 aliphatic carbocycles. The summed E-state index contributed by atoms with van der Waals surface area (Å²) in [5.74, 6) is -3.49. The van der Waals surface area contributed by atoms with Crippen LogP contribution in [0.25, 0.3) is 11.4 Å². The van der Waals surface area contributed by atoms with Crippen LogP contribution < -0.4 is 5.32 Å². The van der Waals surface area contributed by atoms with E-state index in [1.54, 1.807) is 12.1 Å². The number of carbonyl (C=O) groups is 1. The van der Waals surface area contributed by atoms with Crippen LogP contribution in [0.5, 0.6) is 0 Å². The van der Waals surface area contributed by atoms with Crippen molar-refractivity contribution in [1.82, 2.24) is 10.1 Å². The number of alkyl halides is 3. The molecule has 0 saturated heterocycles. The maximum atomic E-state index is 14.2. The molecule has 3 aromatic rings. The van der Waals surface area contributed by atoms with Gasteiger partial charge in [0.1, 0.15) is 5.82 Å². The Labute approximate surface area is 148 Å². The van der Waals surface area contributed by atoms with E-state index in [9.17, 15) is 22.4 Å². The van der Waals surface area contributed by atoms with Gasteiger partial charge in [0.2, 0.25) is 5.82 Å². The van der Waals surface area contributed by atoms with Gasteiger partial charge in [-0.05, 0) is 30.3 Å². The summed E-state index contributed by atoms with van der Waals surface area (Å²) in [6, 6.07) is 9.49. The van der Waals surface area contributed by atoms with E-state index in [0.717, 1.165) is 6.07 Å². The van der Waals surface area contributed by atoms with Gasteiger partial charge in [0.15, 0.2) is 0 Å². The summed E-state index contributed by atoms with van der Waals surface area (Å²) < 4.78 is 55.7. The van der Waals surface area contributed by atoms with Gasteiger partial charge in [0.05, 0.1) is 16.3 Å². The SMILES string of the molecule is O=C(Nc1ccc(-c2noc(C(F)(F)F)n2)cc1F)c1ccccc1Cl. The highest BCUT2D eigenvalue weighted by Crippen LogP contribution is 2.30. The number of rotatable bonds is 3. The number of halogens is 5. The van der Waals surface area contributed by atoms with E-state index < -0.39 is 29.6 Å². The molecular formula is C16H8ClF4N3O2. The zero-order chi connectivity index (χ0) is 18.9. The second-order valence-electron chi connectivity index (χ2n) is 5.05. The minimum atomic E-state index is -4.80. The molecule has 0 spiro atoms. The van der Waals surface area contributed by atoms with Gasteiger partial charge < -0.3 is 9.84 Å². The predicted octanol–water partition coefficient (Wildman–Crippen LogP) is 4.80. The Kier molecular flexibility index (Phi) is 4.64. The summed E-state index contributed by atoms with van der Waals surface area (Å²) in [5.41, 5.74) is -0.0821. The third kappa shape index (κ3) is 3.67. The summed E-state index contributed by atoms with van der Waals surface area (Å²) in [7, 11) is 0. The monoisotopic (exact) mass is 385 g/mol. The number of anilines is 1. The Morgan fingerprint density at radius 2 is 1.88 bits per heavy atom. The molecule has 134 valence electrons. The van der Waals surface area contributed by atoms with Crippen molar-refractivity contribution in [1.29, 1.82) is 0 Å². The van der Waals surface area contributed by atoms with Gasteiger partial charge in [-0.2, -0.15) is 18.2 Å². The average Bonchev–Trinajstić information content (AvgIpc) is 3.07. The van der Waals surface area contributed by atoms with Gasteiger partial charge >= 0.3 is 12.1 Å². The van der Waals surface area contributed by atoms with Gasteiger partial charge in [-0.25, -0.2) is 4.39 Å². The first-order valence-electron chi connectivity index (χ1n) is 7.02. The Morgan fingerprint density at radius 3 is 2.50 bits per heavy atom. The van der Waals surface area contributed by atoms with Crippen LogP contribution in [0.1, 0.15) is 16.2 Å². The lowest BCUT2D eigenvalue weighted by molar-refractivity contribution is -0.159. The van der Waals surface area contributed by atoms with Crippen LogP contribution >= 0.6 is 11.6 Å². The van der Waals surface area contributed by atoms with Crippen LogP contribution in [0, 0.1) is 5.82 Å². The van der Waals surface area contributed by atoms with Gasteiger partial charge in [0.25, 0.3) is 5.91 Å². The first-order valence-corrected chi connectivity index (χ1v) is 7.40. The number of amides is 1. The van der Waals surface area contributed by atoms with E-state index in [4.69, 9.17) is 11.6 Å². The third-order valence-corrected chi connectivity index (χ3v) is 3.59.